The molecule has 0 heterocycles. The number of carbonyl (C=O) groups excluding carboxylic acids is 3. The number of aryl methyl sites for hydroxylation is 1. The highest BCUT2D eigenvalue weighted by Crippen LogP contribution is 2.64. The van der Waals surface area contributed by atoms with Crippen molar-refractivity contribution in [2.24, 2.45) is 11.8 Å². The summed E-state index contributed by atoms with van der Waals surface area (Å²) in [5, 5.41) is 6.49. The number of hydrogen-bond acceptors (Lipinski definition) is 3. The van der Waals surface area contributed by atoms with Crippen molar-refractivity contribution in [3.63, 3.8) is 0 Å². The van der Waals surface area contributed by atoms with Crippen molar-refractivity contribution < 1.29 is 36.3 Å². The number of carbonyl (C=O) groups is 3. The van der Waals surface area contributed by atoms with Gasteiger partial charge >= 0.3 is 12.1 Å². The first kappa shape index (κ1) is 32.3. The van der Waals surface area contributed by atoms with E-state index in [0.29, 0.717) is 34.5 Å². The second-order valence-corrected chi connectivity index (χ2v) is 12.1. The summed E-state index contributed by atoms with van der Waals surface area (Å²) in [7, 11) is 0. The molecule has 0 aliphatic heterocycles. The number of allylic oxidation sites excluding steroid dienone is 4. The standard InChI is InChI=1S/C26H17Cl5F5N3O3/c1-9-6-11(37-23(41)18-17(25(18,30)31)10-2-3-13(27)14(28)7-10)8-12(19(9)29)22(40)38-16-5-4-15(32)21(20(16)33)39-24(42)26(34,35)36/h4-8,17-18H,2-3H2,1H3,(H,37,41)(H,38,40)(H,39,42)/t17-,18+/m0/s1. The van der Waals surface area contributed by atoms with E-state index in [1.807, 2.05) is 0 Å². The van der Waals surface area contributed by atoms with Gasteiger partial charge in [-0.05, 0) is 55.7 Å². The van der Waals surface area contributed by atoms with Gasteiger partial charge in [0.1, 0.15) is 15.8 Å². The molecule has 224 valence electrons. The first-order chi connectivity index (χ1) is 19.4. The molecular weight excluding hydrogens is 675 g/mol. The van der Waals surface area contributed by atoms with Crippen LogP contribution in [0.3, 0.4) is 0 Å². The summed E-state index contributed by atoms with van der Waals surface area (Å²) in [4.78, 5) is 37.3. The van der Waals surface area contributed by atoms with Crippen molar-refractivity contribution in [3.05, 3.63) is 73.8 Å². The number of hydrogen-bond donors (Lipinski definition) is 3. The van der Waals surface area contributed by atoms with Gasteiger partial charge in [-0.2, -0.15) is 13.2 Å². The van der Waals surface area contributed by atoms with E-state index in [-0.39, 0.29) is 16.3 Å². The predicted molar refractivity (Wildman–Crippen MR) is 151 cm³/mol. The third-order valence-corrected chi connectivity index (χ3v) is 8.81. The lowest BCUT2D eigenvalue weighted by Crippen LogP contribution is -2.31. The average molecular weight is 692 g/mol. The van der Waals surface area contributed by atoms with E-state index in [4.69, 9.17) is 58.0 Å². The average Bonchev–Trinajstić information content (AvgIpc) is 3.48. The predicted octanol–water partition coefficient (Wildman–Crippen LogP) is 8.45. The van der Waals surface area contributed by atoms with Gasteiger partial charge in [0.25, 0.3) is 5.91 Å². The number of anilines is 3. The lowest BCUT2D eigenvalue weighted by Gasteiger charge is -2.15. The lowest BCUT2D eigenvalue weighted by atomic mass is 9.99. The van der Waals surface area contributed by atoms with Crippen LogP contribution < -0.4 is 16.0 Å². The highest BCUT2D eigenvalue weighted by molar-refractivity contribution is 6.53. The SMILES string of the molecule is Cc1cc(NC(=O)[C@H]2[C@H](C3=CC(Cl)=C(Cl)CC3)C2(Cl)Cl)cc(C(=O)Nc2ccc(F)c(NC(=O)C(F)(F)F)c2F)c1Cl. The smallest absolute Gasteiger partial charge is 0.326 e. The number of nitrogens with one attached hydrogen (secondary N) is 3. The molecule has 2 aromatic rings. The Kier molecular flexibility index (Phi) is 9.12. The topological polar surface area (TPSA) is 87.3 Å². The Balaban J connectivity index is 1.55. The summed E-state index contributed by atoms with van der Waals surface area (Å²) in [5.74, 6) is -8.87. The van der Waals surface area contributed by atoms with Crippen molar-refractivity contribution in [1.82, 2.24) is 0 Å². The molecule has 2 aromatic carbocycles. The highest BCUT2D eigenvalue weighted by Gasteiger charge is 2.68. The summed E-state index contributed by atoms with van der Waals surface area (Å²) in [6.45, 7) is 1.51. The Labute approximate surface area is 260 Å². The number of halogens is 10. The van der Waals surface area contributed by atoms with Gasteiger partial charge in [0.05, 0.1) is 27.2 Å². The zero-order chi connectivity index (χ0) is 31.3. The van der Waals surface area contributed by atoms with Crippen LogP contribution in [0.5, 0.6) is 0 Å². The molecule has 0 spiro atoms. The first-order valence-electron chi connectivity index (χ1n) is 11.8. The molecule has 0 aromatic heterocycles. The van der Waals surface area contributed by atoms with Crippen LogP contribution >= 0.6 is 58.0 Å². The van der Waals surface area contributed by atoms with Crippen LogP contribution in [0, 0.1) is 30.4 Å². The molecule has 4 rings (SSSR count). The Hall–Kier alpha value is -2.57. The van der Waals surface area contributed by atoms with Crippen LogP contribution in [0.25, 0.3) is 0 Å². The van der Waals surface area contributed by atoms with Gasteiger partial charge in [-0.15, -0.1) is 23.2 Å². The van der Waals surface area contributed by atoms with Crippen LogP contribution in [0.2, 0.25) is 5.02 Å². The molecule has 2 aliphatic rings. The van der Waals surface area contributed by atoms with E-state index in [1.54, 1.807) is 6.08 Å². The molecular formula is C26H17Cl5F5N3O3. The Bertz CT molecular complexity index is 1580. The van der Waals surface area contributed by atoms with Gasteiger partial charge in [-0.3, -0.25) is 14.4 Å². The summed E-state index contributed by atoms with van der Waals surface area (Å²) in [6, 6.07) is 3.89. The van der Waals surface area contributed by atoms with Gasteiger partial charge in [0.2, 0.25) is 5.91 Å². The third kappa shape index (κ3) is 6.50. The number of alkyl halides is 5. The van der Waals surface area contributed by atoms with Gasteiger partial charge in [0.15, 0.2) is 5.82 Å². The maximum Gasteiger partial charge on any atom is 0.471 e. The van der Waals surface area contributed by atoms with Gasteiger partial charge < -0.3 is 16.0 Å². The minimum atomic E-state index is -5.42. The molecule has 0 bridgehead atoms. The zero-order valence-corrected chi connectivity index (χ0v) is 24.7. The van der Waals surface area contributed by atoms with Gasteiger partial charge in [0, 0.05) is 16.6 Å². The van der Waals surface area contributed by atoms with E-state index in [2.05, 4.69) is 10.6 Å². The number of benzene rings is 2. The second-order valence-electron chi connectivity index (χ2n) is 9.44. The molecule has 3 N–H and O–H groups in total. The fourth-order valence-electron chi connectivity index (χ4n) is 4.41. The summed E-state index contributed by atoms with van der Waals surface area (Å²) in [5.41, 5.74) is -1.30. The molecule has 16 heteroatoms. The van der Waals surface area contributed by atoms with E-state index in [1.165, 1.54) is 13.0 Å². The summed E-state index contributed by atoms with van der Waals surface area (Å²) in [6.07, 6.45) is -2.85. The summed E-state index contributed by atoms with van der Waals surface area (Å²) >= 11 is 31.2. The van der Waals surface area contributed by atoms with Crippen molar-refractivity contribution in [3.8, 4) is 0 Å². The van der Waals surface area contributed by atoms with E-state index >= 15 is 0 Å². The Morgan fingerprint density at radius 2 is 1.64 bits per heavy atom. The van der Waals surface area contributed by atoms with Crippen LogP contribution in [0.15, 0.2) is 46.0 Å². The van der Waals surface area contributed by atoms with Crippen LogP contribution in [-0.2, 0) is 9.59 Å². The van der Waals surface area contributed by atoms with Gasteiger partial charge in [-0.1, -0.05) is 40.4 Å². The molecule has 0 radical (unpaired) electrons. The van der Waals surface area contributed by atoms with Crippen LogP contribution in [-0.4, -0.2) is 28.2 Å². The number of rotatable bonds is 6. The maximum atomic E-state index is 14.8. The van der Waals surface area contributed by atoms with Crippen molar-refractivity contribution in [2.75, 3.05) is 16.0 Å². The fourth-order valence-corrected chi connectivity index (χ4v) is 5.85. The maximum absolute atomic E-state index is 14.8. The molecule has 0 unspecified atom stereocenters. The lowest BCUT2D eigenvalue weighted by molar-refractivity contribution is -0.167. The van der Waals surface area contributed by atoms with E-state index in [9.17, 15) is 36.3 Å². The molecule has 2 atom stereocenters. The first-order valence-corrected chi connectivity index (χ1v) is 13.7. The monoisotopic (exact) mass is 689 g/mol. The Morgan fingerprint density at radius 3 is 2.26 bits per heavy atom. The molecule has 0 saturated heterocycles. The minimum absolute atomic E-state index is 0.0955. The largest absolute Gasteiger partial charge is 0.471 e. The molecule has 1 fully saturated rings. The molecule has 1 saturated carbocycles. The third-order valence-electron chi connectivity index (χ3n) is 6.54. The summed E-state index contributed by atoms with van der Waals surface area (Å²) < 4.78 is 65.1. The molecule has 6 nitrogen and oxygen atoms in total. The Morgan fingerprint density at radius 1 is 0.976 bits per heavy atom. The fraction of sp³-hybridized carbons (Fsp3) is 0.269. The molecule has 3 amide bonds. The van der Waals surface area contributed by atoms with Crippen molar-refractivity contribution in [1.29, 1.82) is 0 Å². The normalized spacial score (nSPS) is 19.6. The van der Waals surface area contributed by atoms with Crippen molar-refractivity contribution >= 4 is 92.8 Å². The quantitative estimate of drug-likeness (QED) is 0.210. The van der Waals surface area contributed by atoms with E-state index in [0.717, 1.165) is 23.0 Å². The van der Waals surface area contributed by atoms with Crippen molar-refractivity contribution in [2.45, 2.75) is 30.3 Å². The second kappa shape index (κ2) is 11.8. The minimum Gasteiger partial charge on any atom is -0.326 e. The van der Waals surface area contributed by atoms with Gasteiger partial charge in [-0.25, -0.2) is 8.78 Å². The van der Waals surface area contributed by atoms with Crippen LogP contribution in [0.1, 0.15) is 28.8 Å². The molecule has 2 aliphatic carbocycles. The van der Waals surface area contributed by atoms with Crippen LogP contribution in [0.4, 0.5) is 39.0 Å². The zero-order valence-electron chi connectivity index (χ0n) is 21.0. The highest BCUT2D eigenvalue weighted by atomic mass is 35.5. The number of amides is 3. The molecule has 42 heavy (non-hydrogen) atoms. The van der Waals surface area contributed by atoms with E-state index < -0.39 is 63.1 Å².